The van der Waals surface area contributed by atoms with E-state index in [2.05, 4.69) is 23.6 Å². The molecule has 0 aliphatic carbocycles. The van der Waals surface area contributed by atoms with Gasteiger partial charge in [-0.15, -0.1) is 0 Å². The van der Waals surface area contributed by atoms with E-state index in [-0.39, 0.29) is 12.2 Å². The first-order chi connectivity index (χ1) is 11.2. The predicted molar refractivity (Wildman–Crippen MR) is 91.8 cm³/mol. The van der Waals surface area contributed by atoms with Crippen molar-refractivity contribution < 1.29 is 9.53 Å². The highest BCUT2D eigenvalue weighted by atomic mass is 16.6. The third kappa shape index (κ3) is 3.67. The van der Waals surface area contributed by atoms with Crippen LogP contribution in [0.1, 0.15) is 20.3 Å². The Bertz CT molecular complexity index is 518. The highest BCUT2D eigenvalue weighted by Gasteiger charge is 2.35. The Morgan fingerprint density at radius 1 is 1.17 bits per heavy atom. The van der Waals surface area contributed by atoms with Gasteiger partial charge in [0.15, 0.2) is 0 Å². The Morgan fingerprint density at radius 3 is 2.61 bits per heavy atom. The van der Waals surface area contributed by atoms with Crippen molar-refractivity contribution in [1.82, 2.24) is 9.80 Å². The van der Waals surface area contributed by atoms with E-state index >= 15 is 0 Å². The van der Waals surface area contributed by atoms with Crippen LogP contribution in [0.25, 0.3) is 0 Å². The highest BCUT2D eigenvalue weighted by Crippen LogP contribution is 2.23. The SMILES string of the molecule is CCN(CC)[C@@H]1CCN(C[C@@H]2CN(c3ccccc3)C(=O)O2)C1. The maximum Gasteiger partial charge on any atom is 0.414 e. The van der Waals surface area contributed by atoms with Gasteiger partial charge in [0.05, 0.1) is 6.54 Å². The molecule has 5 heteroatoms. The van der Waals surface area contributed by atoms with Crippen LogP contribution in [0.3, 0.4) is 0 Å². The van der Waals surface area contributed by atoms with Gasteiger partial charge in [-0.3, -0.25) is 14.7 Å². The standard InChI is InChI=1S/C18H27N3O2/c1-3-20(4-2)16-10-11-19(12-16)13-17-14-21(18(22)23-17)15-8-6-5-7-9-15/h5-9,16-17H,3-4,10-14H2,1-2H3/t16-,17-/m1/s1. The highest BCUT2D eigenvalue weighted by molar-refractivity contribution is 5.89. The number of para-hydroxylation sites is 1. The Morgan fingerprint density at radius 2 is 1.91 bits per heavy atom. The molecule has 23 heavy (non-hydrogen) atoms. The van der Waals surface area contributed by atoms with E-state index in [0.29, 0.717) is 12.6 Å². The molecule has 0 radical (unpaired) electrons. The Balaban J connectivity index is 1.53. The third-order valence-corrected chi connectivity index (χ3v) is 4.98. The van der Waals surface area contributed by atoms with Crippen molar-refractivity contribution in [3.63, 3.8) is 0 Å². The van der Waals surface area contributed by atoms with Crippen molar-refractivity contribution in [3.8, 4) is 0 Å². The molecule has 126 valence electrons. The fourth-order valence-electron chi connectivity index (χ4n) is 3.74. The fourth-order valence-corrected chi connectivity index (χ4v) is 3.74. The zero-order valence-corrected chi connectivity index (χ0v) is 14.1. The zero-order chi connectivity index (χ0) is 16.2. The number of anilines is 1. The first kappa shape index (κ1) is 16.3. The summed E-state index contributed by atoms with van der Waals surface area (Å²) in [7, 11) is 0. The summed E-state index contributed by atoms with van der Waals surface area (Å²) < 4.78 is 5.57. The predicted octanol–water partition coefficient (Wildman–Crippen LogP) is 2.43. The minimum absolute atomic E-state index is 0.0295. The van der Waals surface area contributed by atoms with E-state index in [0.717, 1.165) is 38.4 Å². The lowest BCUT2D eigenvalue weighted by Crippen LogP contribution is -2.39. The molecule has 2 saturated heterocycles. The Hall–Kier alpha value is -1.59. The summed E-state index contributed by atoms with van der Waals surface area (Å²) in [6.07, 6.45) is 0.962. The lowest BCUT2D eigenvalue weighted by atomic mass is 10.2. The van der Waals surface area contributed by atoms with E-state index in [1.165, 1.54) is 6.42 Å². The number of ether oxygens (including phenoxy) is 1. The molecule has 0 unspecified atom stereocenters. The zero-order valence-electron chi connectivity index (χ0n) is 14.1. The Labute approximate surface area is 138 Å². The average Bonchev–Trinajstić information content (AvgIpc) is 3.17. The quantitative estimate of drug-likeness (QED) is 0.807. The van der Waals surface area contributed by atoms with Crippen LogP contribution in [0.15, 0.2) is 30.3 Å². The van der Waals surface area contributed by atoms with Gasteiger partial charge in [0.2, 0.25) is 0 Å². The van der Waals surface area contributed by atoms with Crippen molar-refractivity contribution in [2.45, 2.75) is 32.4 Å². The van der Waals surface area contributed by atoms with Crippen molar-refractivity contribution in [2.75, 3.05) is 44.2 Å². The summed E-state index contributed by atoms with van der Waals surface area (Å²) in [6, 6.07) is 10.4. The van der Waals surface area contributed by atoms with Crippen LogP contribution >= 0.6 is 0 Å². The number of carbonyl (C=O) groups is 1. The van der Waals surface area contributed by atoms with Crippen LogP contribution in [0.5, 0.6) is 0 Å². The first-order valence-electron chi connectivity index (χ1n) is 8.70. The number of carbonyl (C=O) groups excluding carboxylic acids is 1. The largest absolute Gasteiger partial charge is 0.443 e. The second kappa shape index (κ2) is 7.32. The molecule has 0 bridgehead atoms. The van der Waals surface area contributed by atoms with Crippen molar-refractivity contribution in [2.24, 2.45) is 0 Å². The van der Waals surface area contributed by atoms with Crippen LogP contribution in [0.2, 0.25) is 0 Å². The molecule has 2 fully saturated rings. The number of amides is 1. The molecule has 5 nitrogen and oxygen atoms in total. The van der Waals surface area contributed by atoms with Gasteiger partial charge >= 0.3 is 6.09 Å². The fraction of sp³-hybridized carbons (Fsp3) is 0.611. The molecule has 1 aromatic carbocycles. The van der Waals surface area contributed by atoms with E-state index in [1.54, 1.807) is 4.90 Å². The van der Waals surface area contributed by atoms with E-state index in [9.17, 15) is 4.79 Å². The molecular weight excluding hydrogens is 290 g/mol. The van der Waals surface area contributed by atoms with Gasteiger partial charge in [-0.25, -0.2) is 4.79 Å². The third-order valence-electron chi connectivity index (χ3n) is 4.98. The minimum atomic E-state index is -0.222. The van der Waals surface area contributed by atoms with Crippen molar-refractivity contribution >= 4 is 11.8 Å². The summed E-state index contributed by atoms with van der Waals surface area (Å²) in [5.41, 5.74) is 0.919. The van der Waals surface area contributed by atoms with Crippen LogP contribution in [0, 0.1) is 0 Å². The molecule has 0 saturated carbocycles. The number of benzene rings is 1. The number of hydrogen-bond acceptors (Lipinski definition) is 4. The van der Waals surface area contributed by atoms with Crippen LogP contribution in [0.4, 0.5) is 10.5 Å². The second-order valence-electron chi connectivity index (χ2n) is 6.38. The van der Waals surface area contributed by atoms with Crippen LogP contribution < -0.4 is 4.90 Å². The maximum absolute atomic E-state index is 12.1. The van der Waals surface area contributed by atoms with Gasteiger partial charge < -0.3 is 4.74 Å². The van der Waals surface area contributed by atoms with Gasteiger partial charge in [-0.05, 0) is 38.2 Å². The van der Waals surface area contributed by atoms with E-state index in [1.807, 2.05) is 30.3 Å². The maximum atomic E-state index is 12.1. The number of nitrogens with zero attached hydrogens (tertiary/aromatic N) is 3. The molecule has 2 aliphatic heterocycles. The number of rotatable bonds is 6. The normalized spacial score (nSPS) is 25.3. The van der Waals surface area contributed by atoms with Crippen molar-refractivity contribution in [3.05, 3.63) is 30.3 Å². The molecular formula is C18H27N3O2. The van der Waals surface area contributed by atoms with Gasteiger partial charge in [0, 0.05) is 24.8 Å². The van der Waals surface area contributed by atoms with Gasteiger partial charge in [-0.1, -0.05) is 32.0 Å². The molecule has 0 spiro atoms. The minimum Gasteiger partial charge on any atom is -0.443 e. The summed E-state index contributed by atoms with van der Waals surface area (Å²) in [4.78, 5) is 18.8. The molecule has 2 heterocycles. The lowest BCUT2D eigenvalue weighted by molar-refractivity contribution is 0.113. The summed E-state index contributed by atoms with van der Waals surface area (Å²) in [5, 5.41) is 0. The number of cyclic esters (lactones) is 1. The number of hydrogen-bond donors (Lipinski definition) is 0. The lowest BCUT2D eigenvalue weighted by Gasteiger charge is -2.26. The summed E-state index contributed by atoms with van der Waals surface area (Å²) in [6.45, 7) is 10.3. The van der Waals surface area contributed by atoms with Gasteiger partial charge in [-0.2, -0.15) is 0 Å². The first-order valence-corrected chi connectivity index (χ1v) is 8.70. The second-order valence-corrected chi connectivity index (χ2v) is 6.38. The average molecular weight is 317 g/mol. The molecule has 0 N–H and O–H groups in total. The molecule has 2 aliphatic rings. The summed E-state index contributed by atoms with van der Waals surface area (Å²) >= 11 is 0. The Kier molecular flexibility index (Phi) is 5.18. The monoisotopic (exact) mass is 317 g/mol. The molecule has 2 atom stereocenters. The topological polar surface area (TPSA) is 36.0 Å². The van der Waals surface area contributed by atoms with E-state index in [4.69, 9.17) is 4.74 Å². The summed E-state index contributed by atoms with van der Waals surface area (Å²) in [5.74, 6) is 0. The van der Waals surface area contributed by atoms with Crippen LogP contribution in [-0.4, -0.2) is 67.3 Å². The van der Waals surface area contributed by atoms with Crippen LogP contribution in [-0.2, 0) is 4.74 Å². The molecule has 0 aromatic heterocycles. The van der Waals surface area contributed by atoms with Crippen molar-refractivity contribution in [1.29, 1.82) is 0 Å². The number of likely N-dealkylation sites (N-methyl/N-ethyl adjacent to an activating group) is 1. The molecule has 1 amide bonds. The number of likely N-dealkylation sites (tertiary alicyclic amines) is 1. The molecule has 1 aromatic rings. The van der Waals surface area contributed by atoms with E-state index < -0.39 is 0 Å². The molecule has 3 rings (SSSR count). The van der Waals surface area contributed by atoms with Gasteiger partial charge in [0.25, 0.3) is 0 Å². The smallest absolute Gasteiger partial charge is 0.414 e. The van der Waals surface area contributed by atoms with Gasteiger partial charge in [0.1, 0.15) is 6.10 Å².